The molecule has 0 spiro atoms. The summed E-state index contributed by atoms with van der Waals surface area (Å²) >= 11 is 2.69. The van der Waals surface area contributed by atoms with E-state index in [-0.39, 0.29) is 24.1 Å². The Labute approximate surface area is 170 Å². The molecule has 0 aliphatic heterocycles. The first-order valence-electron chi connectivity index (χ1n) is 8.38. The molecule has 0 fully saturated rings. The maximum atomic E-state index is 12.6. The number of furan rings is 1. The molecule has 10 heteroatoms. The molecule has 3 aromatic rings. The Bertz CT molecular complexity index is 942. The van der Waals surface area contributed by atoms with E-state index in [1.54, 1.807) is 56.8 Å². The summed E-state index contributed by atoms with van der Waals surface area (Å²) < 4.78 is 5.93. The van der Waals surface area contributed by atoms with Crippen molar-refractivity contribution >= 4 is 45.7 Å². The first-order chi connectivity index (χ1) is 13.6. The summed E-state index contributed by atoms with van der Waals surface area (Å²) in [6.45, 7) is 0.276. The Morgan fingerprint density at radius 2 is 2.04 bits per heavy atom. The van der Waals surface area contributed by atoms with Crippen LogP contribution in [0.4, 0.5) is 10.8 Å². The zero-order chi connectivity index (χ0) is 19.9. The second kappa shape index (κ2) is 9.38. The molecule has 0 aliphatic carbocycles. The van der Waals surface area contributed by atoms with Crippen LogP contribution < -0.4 is 15.5 Å². The second-order valence-electron chi connectivity index (χ2n) is 5.64. The molecule has 3 rings (SSSR count). The monoisotopic (exact) mass is 417 g/mol. The lowest BCUT2D eigenvalue weighted by Crippen LogP contribution is -2.31. The van der Waals surface area contributed by atoms with Crippen molar-refractivity contribution in [1.29, 1.82) is 0 Å². The number of hydrogen-bond acceptors (Lipinski definition) is 8. The molecule has 0 bridgehead atoms. The van der Waals surface area contributed by atoms with E-state index in [0.717, 1.165) is 0 Å². The fraction of sp³-hybridized carbons (Fsp3) is 0.222. The summed E-state index contributed by atoms with van der Waals surface area (Å²) in [4.78, 5) is 26.7. The number of nitrogens with zero attached hydrogens (tertiary/aromatic N) is 3. The lowest BCUT2D eigenvalue weighted by Gasteiger charge is -2.20. The molecule has 2 amide bonds. The van der Waals surface area contributed by atoms with Gasteiger partial charge in [0.1, 0.15) is 5.76 Å². The molecular formula is C18H19N5O3S2. The quantitative estimate of drug-likeness (QED) is 0.544. The number of para-hydroxylation sites is 1. The van der Waals surface area contributed by atoms with Gasteiger partial charge < -0.3 is 20.0 Å². The van der Waals surface area contributed by atoms with Crippen LogP contribution in [0.15, 0.2) is 51.4 Å². The van der Waals surface area contributed by atoms with Gasteiger partial charge in [-0.2, -0.15) is 0 Å². The van der Waals surface area contributed by atoms with Crippen LogP contribution in [0.1, 0.15) is 16.1 Å². The van der Waals surface area contributed by atoms with Crippen molar-refractivity contribution in [3.05, 3.63) is 54.0 Å². The summed E-state index contributed by atoms with van der Waals surface area (Å²) in [6, 6.07) is 10.5. The highest BCUT2D eigenvalue weighted by Gasteiger charge is 2.19. The highest BCUT2D eigenvalue weighted by atomic mass is 32.2. The van der Waals surface area contributed by atoms with Crippen LogP contribution in [0.25, 0.3) is 0 Å². The first kappa shape index (κ1) is 19.9. The lowest BCUT2D eigenvalue weighted by molar-refractivity contribution is -0.115. The Balaban J connectivity index is 1.64. The minimum atomic E-state index is -0.276. The van der Waals surface area contributed by atoms with Crippen molar-refractivity contribution < 1.29 is 14.0 Å². The Morgan fingerprint density at radius 3 is 2.75 bits per heavy atom. The van der Waals surface area contributed by atoms with Crippen molar-refractivity contribution in [1.82, 2.24) is 15.5 Å². The molecule has 2 aromatic heterocycles. The van der Waals surface area contributed by atoms with Crippen molar-refractivity contribution in [2.45, 2.75) is 10.9 Å². The number of carbonyl (C=O) groups is 2. The van der Waals surface area contributed by atoms with Gasteiger partial charge in [-0.15, -0.1) is 10.2 Å². The van der Waals surface area contributed by atoms with Crippen LogP contribution in [0.3, 0.4) is 0 Å². The number of hydrogen-bond donors (Lipinski definition) is 2. The lowest BCUT2D eigenvalue weighted by atomic mass is 10.1. The van der Waals surface area contributed by atoms with E-state index in [1.807, 2.05) is 0 Å². The molecule has 1 aromatic carbocycles. The van der Waals surface area contributed by atoms with Crippen molar-refractivity contribution in [2.75, 3.05) is 30.1 Å². The SMILES string of the molecule is CNc1nnc(SCC(=O)N(C)c2ccccc2C(=O)NCc2ccco2)s1. The topological polar surface area (TPSA) is 100 Å². The smallest absolute Gasteiger partial charge is 0.253 e. The molecule has 0 saturated carbocycles. The molecule has 146 valence electrons. The maximum absolute atomic E-state index is 12.6. The summed E-state index contributed by atoms with van der Waals surface area (Å²) in [7, 11) is 3.42. The number of nitrogens with one attached hydrogen (secondary N) is 2. The molecule has 0 aliphatic rings. The van der Waals surface area contributed by atoms with E-state index in [9.17, 15) is 9.59 Å². The van der Waals surface area contributed by atoms with E-state index >= 15 is 0 Å². The van der Waals surface area contributed by atoms with Gasteiger partial charge in [0, 0.05) is 14.1 Å². The molecule has 0 radical (unpaired) electrons. The van der Waals surface area contributed by atoms with Gasteiger partial charge in [0.2, 0.25) is 11.0 Å². The van der Waals surface area contributed by atoms with Gasteiger partial charge in [0.15, 0.2) is 4.34 Å². The molecule has 8 nitrogen and oxygen atoms in total. The number of carbonyl (C=O) groups excluding carboxylic acids is 2. The van der Waals surface area contributed by atoms with Crippen LogP contribution in [0.5, 0.6) is 0 Å². The third-order valence-electron chi connectivity index (χ3n) is 3.83. The average molecular weight is 418 g/mol. The Kier molecular flexibility index (Phi) is 6.66. The molecule has 2 heterocycles. The van der Waals surface area contributed by atoms with Gasteiger partial charge in [0.05, 0.1) is 29.8 Å². The first-order valence-corrected chi connectivity index (χ1v) is 10.2. The Hall–Kier alpha value is -2.85. The molecular weight excluding hydrogens is 398 g/mol. The molecule has 28 heavy (non-hydrogen) atoms. The molecule has 0 atom stereocenters. The predicted octanol–water partition coefficient (Wildman–Crippen LogP) is 2.86. The third kappa shape index (κ3) is 4.90. The standard InChI is InChI=1S/C18H19N5O3S2/c1-19-17-21-22-18(28-17)27-11-15(24)23(2)14-8-4-3-7-13(14)16(25)20-10-12-6-5-9-26-12/h3-9H,10-11H2,1-2H3,(H,19,21)(H,20,25). The summed E-state index contributed by atoms with van der Waals surface area (Å²) in [5, 5.41) is 14.4. The van der Waals surface area contributed by atoms with Crippen molar-refractivity contribution in [3.8, 4) is 0 Å². The minimum absolute atomic E-state index is 0.141. The largest absolute Gasteiger partial charge is 0.467 e. The highest BCUT2D eigenvalue weighted by Crippen LogP contribution is 2.26. The van der Waals surface area contributed by atoms with Crippen LogP contribution >= 0.6 is 23.1 Å². The summed E-state index contributed by atoms with van der Waals surface area (Å²) in [5.74, 6) is 0.432. The van der Waals surface area contributed by atoms with Gasteiger partial charge >= 0.3 is 0 Å². The maximum Gasteiger partial charge on any atom is 0.253 e. The van der Waals surface area contributed by atoms with Gasteiger partial charge in [-0.25, -0.2) is 0 Å². The number of benzene rings is 1. The molecule has 2 N–H and O–H groups in total. The van der Waals surface area contributed by atoms with Gasteiger partial charge in [-0.3, -0.25) is 9.59 Å². The number of thioether (sulfide) groups is 1. The third-order valence-corrected chi connectivity index (χ3v) is 5.89. The van der Waals surface area contributed by atoms with Crippen LogP contribution in [0.2, 0.25) is 0 Å². The van der Waals surface area contributed by atoms with E-state index in [0.29, 0.717) is 26.5 Å². The highest BCUT2D eigenvalue weighted by molar-refractivity contribution is 8.01. The minimum Gasteiger partial charge on any atom is -0.467 e. The van der Waals surface area contributed by atoms with E-state index in [1.165, 1.54) is 28.0 Å². The zero-order valence-corrected chi connectivity index (χ0v) is 17.0. The number of anilines is 2. The number of aromatic nitrogens is 2. The average Bonchev–Trinajstić information content (AvgIpc) is 3.41. The van der Waals surface area contributed by atoms with Crippen LogP contribution in [-0.2, 0) is 11.3 Å². The van der Waals surface area contributed by atoms with Crippen LogP contribution in [-0.4, -0.2) is 41.9 Å². The normalized spacial score (nSPS) is 10.5. The molecule has 0 saturated heterocycles. The fourth-order valence-corrected chi connectivity index (χ4v) is 3.98. The second-order valence-corrected chi connectivity index (χ2v) is 7.84. The van der Waals surface area contributed by atoms with E-state index < -0.39 is 0 Å². The number of amides is 2. The predicted molar refractivity (Wildman–Crippen MR) is 110 cm³/mol. The zero-order valence-electron chi connectivity index (χ0n) is 15.3. The summed E-state index contributed by atoms with van der Waals surface area (Å²) in [5.41, 5.74) is 0.960. The number of rotatable bonds is 8. The fourth-order valence-electron chi connectivity index (χ4n) is 2.36. The summed E-state index contributed by atoms with van der Waals surface area (Å²) in [6.07, 6.45) is 1.55. The van der Waals surface area contributed by atoms with E-state index in [2.05, 4.69) is 20.8 Å². The van der Waals surface area contributed by atoms with Gasteiger partial charge in [0.25, 0.3) is 5.91 Å². The Morgan fingerprint density at radius 1 is 1.21 bits per heavy atom. The van der Waals surface area contributed by atoms with Crippen molar-refractivity contribution in [2.24, 2.45) is 0 Å². The van der Waals surface area contributed by atoms with Gasteiger partial charge in [-0.05, 0) is 24.3 Å². The van der Waals surface area contributed by atoms with E-state index in [4.69, 9.17) is 4.42 Å². The van der Waals surface area contributed by atoms with Gasteiger partial charge in [-0.1, -0.05) is 35.2 Å². The van der Waals surface area contributed by atoms with Crippen molar-refractivity contribution in [3.63, 3.8) is 0 Å². The molecule has 0 unspecified atom stereocenters. The van der Waals surface area contributed by atoms with Crippen LogP contribution in [0, 0.1) is 0 Å².